The van der Waals surface area contributed by atoms with Crippen molar-refractivity contribution in [2.45, 2.75) is 32.7 Å². The molecule has 1 aliphatic rings. The number of carbonyl (C=O) groups excluding carboxylic acids is 1. The summed E-state index contributed by atoms with van der Waals surface area (Å²) >= 11 is 14.7. The molecule has 0 N–H and O–H groups in total. The van der Waals surface area contributed by atoms with Crippen LogP contribution in [0.4, 0.5) is 0 Å². The molecule has 2 heterocycles. The summed E-state index contributed by atoms with van der Waals surface area (Å²) in [6.45, 7) is 3.93. The SMILES string of the molecule is CCCC1=C(C(=O)OCC)[C@@H](c2cc(Cl)ccc2OC)n2c(s/c(=C/c3cc(Br)cc(Br)c3OC)c2=O)=N1. The number of aromatic nitrogens is 1. The van der Waals surface area contributed by atoms with Crippen molar-refractivity contribution >= 4 is 66.8 Å². The standard InChI is InChI=1S/C27H25Br2ClN2O5S/c1-5-7-19-22(26(34)37-6-2)23(17-13-16(30)8-9-20(17)35-3)32-25(33)21(38-27(32)31-19)11-14-10-15(28)12-18(29)24(14)36-4/h8-13,23H,5-7H2,1-4H3/b21-11+/t23-/m1/s1. The highest BCUT2D eigenvalue weighted by Crippen LogP contribution is 2.38. The third kappa shape index (κ3) is 5.50. The fraction of sp³-hybridized carbons (Fsp3) is 0.296. The van der Waals surface area contributed by atoms with E-state index in [1.807, 2.05) is 19.1 Å². The maximum Gasteiger partial charge on any atom is 0.338 e. The second-order valence-electron chi connectivity index (χ2n) is 8.31. The Bertz CT molecular complexity index is 1610. The number of rotatable bonds is 8. The maximum absolute atomic E-state index is 14.0. The fourth-order valence-corrected chi connectivity index (χ4v) is 6.99. The Labute approximate surface area is 245 Å². The number of allylic oxidation sites excluding steroid dienone is 1. The molecule has 38 heavy (non-hydrogen) atoms. The van der Waals surface area contributed by atoms with Crippen LogP contribution in [0, 0.1) is 0 Å². The van der Waals surface area contributed by atoms with Crippen LogP contribution < -0.4 is 24.4 Å². The Morgan fingerprint density at radius 2 is 1.95 bits per heavy atom. The van der Waals surface area contributed by atoms with Gasteiger partial charge in [0.2, 0.25) is 0 Å². The quantitative estimate of drug-likeness (QED) is 0.282. The summed E-state index contributed by atoms with van der Waals surface area (Å²) < 4.78 is 20.2. The number of fused-ring (bicyclic) bond motifs is 1. The second kappa shape index (κ2) is 12.2. The molecule has 0 saturated carbocycles. The fourth-order valence-electron chi connectivity index (χ4n) is 4.38. The minimum Gasteiger partial charge on any atom is -0.496 e. The lowest BCUT2D eigenvalue weighted by molar-refractivity contribution is -0.139. The van der Waals surface area contributed by atoms with Gasteiger partial charge in [-0.25, -0.2) is 9.79 Å². The van der Waals surface area contributed by atoms with Crippen LogP contribution in [0.25, 0.3) is 6.08 Å². The van der Waals surface area contributed by atoms with Crippen molar-refractivity contribution in [2.75, 3.05) is 20.8 Å². The van der Waals surface area contributed by atoms with Gasteiger partial charge in [0.15, 0.2) is 4.80 Å². The Morgan fingerprint density at radius 3 is 2.61 bits per heavy atom. The van der Waals surface area contributed by atoms with E-state index in [4.69, 9.17) is 30.8 Å². The second-order valence-corrected chi connectivity index (χ2v) is 11.5. The molecule has 200 valence electrons. The first-order valence-corrected chi connectivity index (χ1v) is 14.6. The Hall–Kier alpha value is -2.40. The summed E-state index contributed by atoms with van der Waals surface area (Å²) in [5.41, 5.74) is 1.84. The molecule has 2 aromatic carbocycles. The first-order chi connectivity index (χ1) is 18.2. The van der Waals surface area contributed by atoms with Gasteiger partial charge in [-0.1, -0.05) is 52.2 Å². The third-order valence-electron chi connectivity index (χ3n) is 5.91. The van der Waals surface area contributed by atoms with Crippen molar-refractivity contribution in [3.05, 3.63) is 86.4 Å². The average molecular weight is 685 g/mol. The van der Waals surface area contributed by atoms with Gasteiger partial charge in [0.1, 0.15) is 17.5 Å². The summed E-state index contributed by atoms with van der Waals surface area (Å²) in [5.74, 6) is 0.552. The first-order valence-electron chi connectivity index (χ1n) is 11.8. The molecule has 0 spiro atoms. The number of ether oxygens (including phenoxy) is 3. The maximum atomic E-state index is 14.0. The number of hydrogen-bond donors (Lipinski definition) is 0. The number of methoxy groups -OCH3 is 2. The predicted octanol–water partition coefficient (Wildman–Crippen LogP) is 5.77. The lowest BCUT2D eigenvalue weighted by Gasteiger charge is -2.27. The molecule has 11 heteroatoms. The molecule has 0 aliphatic carbocycles. The van der Waals surface area contributed by atoms with Gasteiger partial charge < -0.3 is 14.2 Å². The minimum atomic E-state index is -0.834. The summed E-state index contributed by atoms with van der Waals surface area (Å²) in [5, 5.41) is 0.448. The van der Waals surface area contributed by atoms with Gasteiger partial charge in [-0.15, -0.1) is 0 Å². The van der Waals surface area contributed by atoms with Crippen molar-refractivity contribution in [1.29, 1.82) is 0 Å². The molecule has 7 nitrogen and oxygen atoms in total. The van der Waals surface area contributed by atoms with Crippen molar-refractivity contribution < 1.29 is 19.0 Å². The predicted molar refractivity (Wildman–Crippen MR) is 156 cm³/mol. The molecule has 1 aromatic heterocycles. The van der Waals surface area contributed by atoms with E-state index in [9.17, 15) is 9.59 Å². The highest BCUT2D eigenvalue weighted by molar-refractivity contribution is 9.11. The molecule has 0 radical (unpaired) electrons. The molecule has 1 aliphatic heterocycles. The summed E-state index contributed by atoms with van der Waals surface area (Å²) in [4.78, 5) is 32.6. The van der Waals surface area contributed by atoms with Crippen LogP contribution in [0.15, 0.2) is 60.3 Å². The lowest BCUT2D eigenvalue weighted by Crippen LogP contribution is -2.40. The zero-order valence-corrected chi connectivity index (χ0v) is 25.9. The van der Waals surface area contributed by atoms with Gasteiger partial charge in [0.25, 0.3) is 5.56 Å². The van der Waals surface area contributed by atoms with Crippen LogP contribution in [0.3, 0.4) is 0 Å². The van der Waals surface area contributed by atoms with Gasteiger partial charge in [0.05, 0.1) is 41.1 Å². The van der Waals surface area contributed by atoms with Gasteiger partial charge in [0, 0.05) is 20.6 Å². The molecular formula is C27H25Br2ClN2O5S. The van der Waals surface area contributed by atoms with E-state index in [1.165, 1.54) is 23.0 Å². The highest BCUT2D eigenvalue weighted by Gasteiger charge is 2.36. The van der Waals surface area contributed by atoms with Gasteiger partial charge >= 0.3 is 5.97 Å². The van der Waals surface area contributed by atoms with E-state index >= 15 is 0 Å². The van der Waals surface area contributed by atoms with Gasteiger partial charge in [-0.05, 0) is 65.7 Å². The normalized spacial score (nSPS) is 15.2. The summed E-state index contributed by atoms with van der Waals surface area (Å²) in [6.07, 6.45) is 3.04. The van der Waals surface area contributed by atoms with Crippen LogP contribution in [0.5, 0.6) is 11.5 Å². The van der Waals surface area contributed by atoms with Gasteiger partial charge in [-0.3, -0.25) is 9.36 Å². The van der Waals surface area contributed by atoms with Crippen molar-refractivity contribution in [2.24, 2.45) is 4.99 Å². The third-order valence-corrected chi connectivity index (χ3v) is 8.17. The lowest BCUT2D eigenvalue weighted by atomic mass is 9.93. The molecule has 4 rings (SSSR count). The molecule has 0 fully saturated rings. The Morgan fingerprint density at radius 1 is 1.18 bits per heavy atom. The van der Waals surface area contributed by atoms with Crippen LogP contribution in [0.2, 0.25) is 5.02 Å². The molecule has 0 amide bonds. The van der Waals surface area contributed by atoms with E-state index in [2.05, 4.69) is 31.9 Å². The number of benzene rings is 2. The van der Waals surface area contributed by atoms with Crippen LogP contribution in [0.1, 0.15) is 43.9 Å². The number of hydrogen-bond acceptors (Lipinski definition) is 7. The first kappa shape index (κ1) is 28.6. The van der Waals surface area contributed by atoms with Gasteiger partial charge in [-0.2, -0.15) is 0 Å². The van der Waals surface area contributed by atoms with Crippen molar-refractivity contribution in [3.8, 4) is 11.5 Å². The Balaban J connectivity index is 2.08. The zero-order valence-electron chi connectivity index (χ0n) is 21.1. The van der Waals surface area contributed by atoms with E-state index < -0.39 is 12.0 Å². The van der Waals surface area contributed by atoms with E-state index in [-0.39, 0.29) is 12.2 Å². The molecule has 0 saturated heterocycles. The number of nitrogens with zero attached hydrogens (tertiary/aromatic N) is 2. The molecular weight excluding hydrogens is 660 g/mol. The molecule has 1 atom stereocenters. The topological polar surface area (TPSA) is 79.1 Å². The Kier molecular flexibility index (Phi) is 9.18. The van der Waals surface area contributed by atoms with E-state index in [1.54, 1.807) is 38.3 Å². The summed E-state index contributed by atoms with van der Waals surface area (Å²) in [6, 6.07) is 8.03. The van der Waals surface area contributed by atoms with E-state index in [0.717, 1.165) is 15.4 Å². The number of esters is 1. The average Bonchev–Trinajstić information content (AvgIpc) is 3.17. The van der Waals surface area contributed by atoms with Crippen molar-refractivity contribution in [3.63, 3.8) is 0 Å². The molecule has 3 aromatic rings. The largest absolute Gasteiger partial charge is 0.496 e. The smallest absolute Gasteiger partial charge is 0.338 e. The molecule has 0 bridgehead atoms. The number of carbonyl (C=O) groups is 1. The summed E-state index contributed by atoms with van der Waals surface area (Å²) in [7, 11) is 3.11. The van der Waals surface area contributed by atoms with Crippen molar-refractivity contribution in [1.82, 2.24) is 4.57 Å². The molecule has 0 unspecified atom stereocenters. The minimum absolute atomic E-state index is 0.184. The van der Waals surface area contributed by atoms with Crippen LogP contribution in [-0.4, -0.2) is 31.4 Å². The van der Waals surface area contributed by atoms with Crippen LogP contribution in [-0.2, 0) is 9.53 Å². The van der Waals surface area contributed by atoms with Crippen LogP contribution >= 0.6 is 54.8 Å². The number of halogens is 3. The number of thiazole rings is 1. The zero-order chi connectivity index (χ0) is 27.6. The highest BCUT2D eigenvalue weighted by atomic mass is 79.9. The monoisotopic (exact) mass is 682 g/mol. The van der Waals surface area contributed by atoms with E-state index in [0.29, 0.717) is 54.7 Å².